The van der Waals surface area contributed by atoms with Crippen LogP contribution in [0.3, 0.4) is 0 Å². The molecule has 19 heavy (non-hydrogen) atoms. The van der Waals surface area contributed by atoms with E-state index in [9.17, 15) is 4.39 Å². The lowest BCUT2D eigenvalue weighted by Crippen LogP contribution is -2.06. The molecule has 0 aliphatic rings. The van der Waals surface area contributed by atoms with E-state index in [1.54, 1.807) is 0 Å². The maximum absolute atomic E-state index is 13.7. The summed E-state index contributed by atoms with van der Waals surface area (Å²) in [5.41, 5.74) is 3.07. The van der Waals surface area contributed by atoms with Gasteiger partial charge in [0.2, 0.25) is 5.95 Å². The van der Waals surface area contributed by atoms with E-state index >= 15 is 0 Å². The Labute approximate surface area is 112 Å². The van der Waals surface area contributed by atoms with Gasteiger partial charge in [-0.15, -0.1) is 0 Å². The molecule has 0 bridgehead atoms. The van der Waals surface area contributed by atoms with Crippen LogP contribution >= 0.6 is 0 Å². The molecule has 4 nitrogen and oxygen atoms in total. The van der Waals surface area contributed by atoms with Crippen LogP contribution in [0.15, 0.2) is 24.4 Å². The molecule has 2 aromatic rings. The van der Waals surface area contributed by atoms with Crippen LogP contribution in [0, 0.1) is 19.7 Å². The summed E-state index contributed by atoms with van der Waals surface area (Å²) < 4.78 is 13.7. The van der Waals surface area contributed by atoms with Gasteiger partial charge in [-0.1, -0.05) is 12.1 Å². The zero-order valence-corrected chi connectivity index (χ0v) is 11.3. The topological polar surface area (TPSA) is 49.8 Å². The second kappa shape index (κ2) is 5.65. The first-order valence-electron chi connectivity index (χ1n) is 6.21. The predicted molar refractivity (Wildman–Crippen MR) is 75.4 cm³/mol. The lowest BCUT2D eigenvalue weighted by atomic mass is 10.1. The average molecular weight is 260 g/mol. The number of halogens is 1. The van der Waals surface area contributed by atoms with Gasteiger partial charge in [0.15, 0.2) is 11.6 Å². The maximum atomic E-state index is 13.7. The van der Waals surface area contributed by atoms with Crippen molar-refractivity contribution in [1.82, 2.24) is 9.97 Å². The van der Waals surface area contributed by atoms with Crippen molar-refractivity contribution >= 4 is 17.5 Å². The normalized spacial score (nSPS) is 10.3. The average Bonchev–Trinajstić information content (AvgIpc) is 2.39. The summed E-state index contributed by atoms with van der Waals surface area (Å²) in [7, 11) is 0. The fourth-order valence-electron chi connectivity index (χ4n) is 1.71. The smallest absolute Gasteiger partial charge is 0.224 e. The zero-order chi connectivity index (χ0) is 13.8. The Morgan fingerprint density at radius 2 is 2.05 bits per heavy atom. The molecule has 0 spiro atoms. The van der Waals surface area contributed by atoms with Gasteiger partial charge in [-0.25, -0.2) is 9.37 Å². The van der Waals surface area contributed by atoms with E-state index in [1.165, 1.54) is 6.20 Å². The van der Waals surface area contributed by atoms with Gasteiger partial charge in [-0.05, 0) is 38.0 Å². The van der Waals surface area contributed by atoms with Crippen LogP contribution in [0.5, 0.6) is 0 Å². The van der Waals surface area contributed by atoms with Gasteiger partial charge in [0, 0.05) is 12.2 Å². The quantitative estimate of drug-likeness (QED) is 0.884. The van der Waals surface area contributed by atoms with Crippen molar-refractivity contribution in [1.29, 1.82) is 0 Å². The highest BCUT2D eigenvalue weighted by Crippen LogP contribution is 2.23. The van der Waals surface area contributed by atoms with Crippen LogP contribution in [-0.4, -0.2) is 16.5 Å². The van der Waals surface area contributed by atoms with Crippen molar-refractivity contribution in [3.8, 4) is 0 Å². The molecule has 100 valence electrons. The van der Waals surface area contributed by atoms with E-state index in [-0.39, 0.29) is 5.82 Å². The highest BCUT2D eigenvalue weighted by atomic mass is 19.1. The molecular formula is C14H17FN4. The molecule has 2 rings (SSSR count). The maximum Gasteiger partial charge on any atom is 0.224 e. The van der Waals surface area contributed by atoms with E-state index in [4.69, 9.17) is 0 Å². The minimum Gasteiger partial charge on any atom is -0.354 e. The monoisotopic (exact) mass is 260 g/mol. The van der Waals surface area contributed by atoms with Crippen LogP contribution < -0.4 is 10.6 Å². The van der Waals surface area contributed by atoms with Crippen LogP contribution in [0.4, 0.5) is 21.8 Å². The highest BCUT2D eigenvalue weighted by molar-refractivity contribution is 5.62. The highest BCUT2D eigenvalue weighted by Gasteiger charge is 2.08. The third kappa shape index (κ3) is 2.99. The molecule has 2 N–H and O–H groups in total. The molecule has 0 aliphatic carbocycles. The lowest BCUT2D eigenvalue weighted by molar-refractivity contribution is 0.619. The van der Waals surface area contributed by atoms with Crippen molar-refractivity contribution in [2.45, 2.75) is 20.8 Å². The first kappa shape index (κ1) is 13.3. The van der Waals surface area contributed by atoms with Gasteiger partial charge >= 0.3 is 0 Å². The Bertz CT molecular complexity index is 584. The Morgan fingerprint density at radius 3 is 2.79 bits per heavy atom. The van der Waals surface area contributed by atoms with Crippen molar-refractivity contribution in [3.05, 3.63) is 41.3 Å². The molecule has 0 amide bonds. The Balaban J connectivity index is 2.32. The molecular weight excluding hydrogens is 243 g/mol. The summed E-state index contributed by atoms with van der Waals surface area (Å²) >= 11 is 0. The fourth-order valence-corrected chi connectivity index (χ4v) is 1.71. The molecule has 1 aromatic carbocycles. The van der Waals surface area contributed by atoms with E-state index in [2.05, 4.69) is 20.6 Å². The Kier molecular flexibility index (Phi) is 3.94. The molecule has 0 saturated carbocycles. The van der Waals surface area contributed by atoms with E-state index in [0.29, 0.717) is 12.5 Å². The van der Waals surface area contributed by atoms with Crippen molar-refractivity contribution in [2.75, 3.05) is 17.2 Å². The number of nitrogens with one attached hydrogen (secondary N) is 2. The number of aryl methyl sites for hydroxylation is 1. The van der Waals surface area contributed by atoms with E-state index < -0.39 is 5.82 Å². The molecule has 1 aromatic heterocycles. The SMILES string of the molecule is CCNc1ncc(F)c(Nc2cccc(C)c2C)n1. The second-order valence-electron chi connectivity index (χ2n) is 4.29. The van der Waals surface area contributed by atoms with Crippen LogP contribution in [-0.2, 0) is 0 Å². The van der Waals surface area contributed by atoms with Crippen LogP contribution in [0.2, 0.25) is 0 Å². The van der Waals surface area contributed by atoms with Gasteiger partial charge in [-0.3, -0.25) is 0 Å². The van der Waals surface area contributed by atoms with Crippen LogP contribution in [0.1, 0.15) is 18.1 Å². The van der Waals surface area contributed by atoms with Gasteiger partial charge in [-0.2, -0.15) is 4.98 Å². The molecule has 1 heterocycles. The minimum atomic E-state index is -0.470. The van der Waals surface area contributed by atoms with Crippen molar-refractivity contribution in [2.24, 2.45) is 0 Å². The number of benzene rings is 1. The molecule has 0 aliphatic heterocycles. The zero-order valence-electron chi connectivity index (χ0n) is 11.3. The van der Waals surface area contributed by atoms with Gasteiger partial charge < -0.3 is 10.6 Å². The van der Waals surface area contributed by atoms with Gasteiger partial charge in [0.05, 0.1) is 6.20 Å². The first-order valence-corrected chi connectivity index (χ1v) is 6.21. The molecule has 0 atom stereocenters. The Morgan fingerprint density at radius 1 is 1.26 bits per heavy atom. The fraction of sp³-hybridized carbons (Fsp3) is 0.286. The second-order valence-corrected chi connectivity index (χ2v) is 4.29. The van der Waals surface area contributed by atoms with E-state index in [1.807, 2.05) is 39.0 Å². The molecule has 0 radical (unpaired) electrons. The molecule has 0 unspecified atom stereocenters. The number of hydrogen-bond donors (Lipinski definition) is 2. The summed E-state index contributed by atoms with van der Waals surface area (Å²) in [4.78, 5) is 7.99. The van der Waals surface area contributed by atoms with Gasteiger partial charge in [0.25, 0.3) is 0 Å². The number of nitrogens with zero attached hydrogens (tertiary/aromatic N) is 2. The predicted octanol–water partition coefficient (Wildman–Crippen LogP) is 3.41. The number of aromatic nitrogens is 2. The Hall–Kier alpha value is -2.17. The molecule has 0 saturated heterocycles. The third-order valence-electron chi connectivity index (χ3n) is 2.94. The number of hydrogen-bond acceptors (Lipinski definition) is 4. The van der Waals surface area contributed by atoms with Gasteiger partial charge in [0.1, 0.15) is 0 Å². The largest absolute Gasteiger partial charge is 0.354 e. The number of anilines is 3. The first-order chi connectivity index (χ1) is 9.11. The minimum absolute atomic E-state index is 0.180. The summed E-state index contributed by atoms with van der Waals surface area (Å²) in [5.74, 6) is 0.124. The summed E-state index contributed by atoms with van der Waals surface area (Å²) in [6.45, 7) is 6.63. The third-order valence-corrected chi connectivity index (χ3v) is 2.94. The summed E-state index contributed by atoms with van der Waals surface area (Å²) in [6.07, 6.45) is 1.17. The summed E-state index contributed by atoms with van der Waals surface area (Å²) in [6, 6.07) is 5.84. The van der Waals surface area contributed by atoms with Crippen LogP contribution in [0.25, 0.3) is 0 Å². The molecule has 5 heteroatoms. The standard InChI is InChI=1S/C14H17FN4/c1-4-16-14-17-8-11(15)13(19-14)18-12-7-5-6-9(2)10(12)3/h5-8H,4H2,1-3H3,(H2,16,17,18,19). The lowest BCUT2D eigenvalue weighted by Gasteiger charge is -2.12. The summed E-state index contributed by atoms with van der Waals surface area (Å²) in [5, 5.41) is 5.97. The number of rotatable bonds is 4. The van der Waals surface area contributed by atoms with E-state index in [0.717, 1.165) is 16.8 Å². The van der Waals surface area contributed by atoms with Crippen molar-refractivity contribution < 1.29 is 4.39 Å². The molecule has 0 fully saturated rings. The van der Waals surface area contributed by atoms with Crippen molar-refractivity contribution in [3.63, 3.8) is 0 Å².